The van der Waals surface area contributed by atoms with Crippen molar-refractivity contribution in [2.75, 3.05) is 18.5 Å². The summed E-state index contributed by atoms with van der Waals surface area (Å²) in [5, 5.41) is 33.3. The molecule has 1 aliphatic heterocycles. The number of nitrogens with one attached hydrogen (secondary N) is 1. The number of hydrogen-bond donors (Lipinski definition) is 4. The van der Waals surface area contributed by atoms with Crippen molar-refractivity contribution in [2.45, 2.75) is 31.8 Å². The number of aryl methyl sites for hydroxylation is 1. The molecule has 3 atom stereocenters. The number of aromatic nitrogens is 2. The van der Waals surface area contributed by atoms with Crippen LogP contribution in [0.2, 0.25) is 0 Å². The molecule has 1 aliphatic rings. The highest BCUT2D eigenvalue weighted by atomic mass is 16.5. The van der Waals surface area contributed by atoms with Gasteiger partial charge in [-0.15, -0.1) is 0 Å². The second-order valence-corrected chi connectivity index (χ2v) is 6.68. The van der Waals surface area contributed by atoms with Crippen molar-refractivity contribution in [2.24, 2.45) is 0 Å². The van der Waals surface area contributed by atoms with E-state index >= 15 is 0 Å². The van der Waals surface area contributed by atoms with Gasteiger partial charge < -0.3 is 25.4 Å². The van der Waals surface area contributed by atoms with Gasteiger partial charge >= 0.3 is 0 Å². The average Bonchev–Trinajstić information content (AvgIpc) is 3.02. The Balaban J connectivity index is 1.87. The maximum atomic E-state index is 11.0. The number of imidazole rings is 1. The Morgan fingerprint density at radius 1 is 1.19 bits per heavy atom. The Kier molecular flexibility index (Phi) is 4.84. The third-order valence-corrected chi connectivity index (χ3v) is 5.08. The highest BCUT2D eigenvalue weighted by Crippen LogP contribution is 2.43. The van der Waals surface area contributed by atoms with Gasteiger partial charge in [-0.1, -0.05) is 30.3 Å². The molecular formula is C20H23N3O4. The number of anilines is 1. The highest BCUT2D eigenvalue weighted by Gasteiger charge is 2.38. The predicted molar refractivity (Wildman–Crippen MR) is 100 cm³/mol. The summed E-state index contributed by atoms with van der Waals surface area (Å²) in [6.07, 6.45) is 0.396. The summed E-state index contributed by atoms with van der Waals surface area (Å²) in [6, 6.07) is 11.2. The van der Waals surface area contributed by atoms with Crippen molar-refractivity contribution >= 4 is 11.3 Å². The number of ether oxygens (including phenoxy) is 1. The average molecular weight is 369 g/mol. The van der Waals surface area contributed by atoms with Gasteiger partial charge in [0, 0.05) is 11.8 Å². The van der Waals surface area contributed by atoms with Crippen LogP contribution in [0.4, 0.5) is 5.69 Å². The van der Waals surface area contributed by atoms with Crippen LogP contribution in [0, 0.1) is 6.92 Å². The molecule has 0 spiro atoms. The van der Waals surface area contributed by atoms with Crippen molar-refractivity contribution in [1.82, 2.24) is 9.38 Å². The number of hydrogen-bond acceptors (Lipinski definition) is 6. The fraction of sp³-hybridized carbons (Fsp3) is 0.350. The van der Waals surface area contributed by atoms with E-state index < -0.39 is 12.2 Å². The molecule has 0 radical (unpaired) electrons. The molecule has 3 heterocycles. The van der Waals surface area contributed by atoms with E-state index in [0.29, 0.717) is 5.65 Å². The van der Waals surface area contributed by atoms with Gasteiger partial charge in [-0.2, -0.15) is 0 Å². The topological polar surface area (TPSA) is 99.3 Å². The second-order valence-electron chi connectivity index (χ2n) is 6.68. The largest absolute Gasteiger partial charge is 0.394 e. The first kappa shape index (κ1) is 17.9. The molecule has 27 heavy (non-hydrogen) atoms. The summed E-state index contributed by atoms with van der Waals surface area (Å²) in [7, 11) is 0. The summed E-state index contributed by atoms with van der Waals surface area (Å²) in [5.41, 5.74) is 4.64. The number of fused-ring (bicyclic) bond motifs is 3. The van der Waals surface area contributed by atoms with Crippen LogP contribution in [0.25, 0.3) is 5.65 Å². The number of rotatable bonds is 5. The standard InChI is InChI=1S/C20H23N3O4/c1-12-15(11-25)23-8-7-14-17(20(23)21-12)22-16(13-5-3-2-4-6-13)18(26)19(14)27-10-9-24/h2-8,16,18-19,22,24-26H,9-11H2,1H3. The number of benzene rings is 1. The molecule has 0 aliphatic carbocycles. The number of aliphatic hydroxyl groups is 3. The van der Waals surface area contributed by atoms with Gasteiger partial charge in [-0.3, -0.25) is 4.40 Å². The van der Waals surface area contributed by atoms with Crippen molar-refractivity contribution < 1.29 is 20.1 Å². The molecule has 4 N–H and O–H groups in total. The van der Waals surface area contributed by atoms with E-state index in [0.717, 1.165) is 28.2 Å². The smallest absolute Gasteiger partial charge is 0.161 e. The molecule has 142 valence electrons. The predicted octanol–water partition coefficient (Wildman–Crippen LogP) is 1.71. The van der Waals surface area contributed by atoms with Crippen LogP contribution in [-0.4, -0.2) is 44.0 Å². The first-order chi connectivity index (χ1) is 13.2. The molecule has 0 bridgehead atoms. The van der Waals surface area contributed by atoms with E-state index in [1.807, 2.05) is 53.9 Å². The molecule has 4 rings (SSSR count). The van der Waals surface area contributed by atoms with Crippen LogP contribution < -0.4 is 5.32 Å². The summed E-state index contributed by atoms with van der Waals surface area (Å²) in [4.78, 5) is 4.62. The zero-order chi connectivity index (χ0) is 19.0. The van der Waals surface area contributed by atoms with Crippen LogP contribution in [-0.2, 0) is 11.3 Å². The molecule has 1 aromatic carbocycles. The van der Waals surface area contributed by atoms with Crippen molar-refractivity contribution in [3.8, 4) is 0 Å². The summed E-state index contributed by atoms with van der Waals surface area (Å²) < 4.78 is 7.66. The molecule has 3 aromatic rings. The quantitative estimate of drug-likeness (QED) is 0.547. The van der Waals surface area contributed by atoms with Crippen LogP contribution >= 0.6 is 0 Å². The number of aliphatic hydroxyl groups excluding tert-OH is 3. The van der Waals surface area contributed by atoms with Crippen molar-refractivity contribution in [3.63, 3.8) is 0 Å². The molecule has 0 fully saturated rings. The second kappa shape index (κ2) is 7.28. The third-order valence-electron chi connectivity index (χ3n) is 5.08. The Hall–Kier alpha value is -2.45. The maximum Gasteiger partial charge on any atom is 0.161 e. The van der Waals surface area contributed by atoms with E-state index in [-0.39, 0.29) is 25.9 Å². The lowest BCUT2D eigenvalue weighted by Crippen LogP contribution is -2.38. The van der Waals surface area contributed by atoms with E-state index in [1.54, 1.807) is 0 Å². The minimum absolute atomic E-state index is 0.110. The first-order valence-corrected chi connectivity index (χ1v) is 8.99. The third kappa shape index (κ3) is 2.98. The van der Waals surface area contributed by atoms with Gasteiger partial charge in [0.05, 0.1) is 42.9 Å². The highest BCUT2D eigenvalue weighted by molar-refractivity contribution is 5.75. The molecular weight excluding hydrogens is 346 g/mol. The van der Waals surface area contributed by atoms with Crippen LogP contribution in [0.15, 0.2) is 42.6 Å². The first-order valence-electron chi connectivity index (χ1n) is 8.99. The zero-order valence-corrected chi connectivity index (χ0v) is 15.0. The minimum Gasteiger partial charge on any atom is -0.394 e. The fourth-order valence-corrected chi connectivity index (χ4v) is 3.77. The van der Waals surface area contributed by atoms with Crippen LogP contribution in [0.5, 0.6) is 0 Å². The summed E-state index contributed by atoms with van der Waals surface area (Å²) >= 11 is 0. The number of nitrogens with zero attached hydrogens (tertiary/aromatic N) is 2. The molecule has 3 unspecified atom stereocenters. The molecule has 7 nitrogen and oxygen atoms in total. The Bertz CT molecular complexity index is 941. The van der Waals surface area contributed by atoms with E-state index in [4.69, 9.17) is 4.74 Å². The lowest BCUT2D eigenvalue weighted by atomic mass is 9.89. The lowest BCUT2D eigenvalue weighted by Gasteiger charge is -2.38. The van der Waals surface area contributed by atoms with Gasteiger partial charge in [-0.05, 0) is 18.6 Å². The van der Waals surface area contributed by atoms with Crippen molar-refractivity contribution in [1.29, 1.82) is 0 Å². The fourth-order valence-electron chi connectivity index (χ4n) is 3.77. The monoisotopic (exact) mass is 369 g/mol. The molecule has 7 heteroatoms. The van der Waals surface area contributed by atoms with Gasteiger partial charge in [0.15, 0.2) is 5.65 Å². The molecule has 0 amide bonds. The Labute approximate surface area is 156 Å². The van der Waals surface area contributed by atoms with E-state index in [1.165, 1.54) is 0 Å². The zero-order valence-electron chi connectivity index (χ0n) is 15.0. The molecule has 2 aromatic heterocycles. The minimum atomic E-state index is -0.831. The molecule has 0 saturated carbocycles. The SMILES string of the molecule is Cc1nc2c3c(ccn2c1CO)C(OCCO)C(O)C(c1ccccc1)N3. The van der Waals surface area contributed by atoms with Gasteiger partial charge in [0.25, 0.3) is 0 Å². The molecule has 0 saturated heterocycles. The summed E-state index contributed by atoms with van der Waals surface area (Å²) in [5.74, 6) is 0. The van der Waals surface area contributed by atoms with Crippen LogP contribution in [0.1, 0.15) is 34.7 Å². The van der Waals surface area contributed by atoms with E-state index in [2.05, 4.69) is 10.3 Å². The normalized spacial score (nSPS) is 21.9. The van der Waals surface area contributed by atoms with Gasteiger partial charge in [0.1, 0.15) is 12.2 Å². The van der Waals surface area contributed by atoms with Gasteiger partial charge in [0.2, 0.25) is 0 Å². The van der Waals surface area contributed by atoms with Crippen LogP contribution in [0.3, 0.4) is 0 Å². The van der Waals surface area contributed by atoms with Crippen molar-refractivity contribution in [3.05, 3.63) is 65.1 Å². The number of pyridine rings is 1. The van der Waals surface area contributed by atoms with E-state index in [9.17, 15) is 15.3 Å². The lowest BCUT2D eigenvalue weighted by molar-refractivity contribution is -0.0597. The summed E-state index contributed by atoms with van der Waals surface area (Å²) in [6.45, 7) is 1.75. The Morgan fingerprint density at radius 2 is 1.96 bits per heavy atom. The van der Waals surface area contributed by atoms with Gasteiger partial charge in [-0.25, -0.2) is 4.98 Å². The Morgan fingerprint density at radius 3 is 2.67 bits per heavy atom. The maximum absolute atomic E-state index is 11.0.